The molecule has 0 aliphatic rings. The van der Waals surface area contributed by atoms with Crippen molar-refractivity contribution in [3.63, 3.8) is 0 Å². The Morgan fingerprint density at radius 2 is 1.46 bits per heavy atom. The summed E-state index contributed by atoms with van der Waals surface area (Å²) in [6, 6.07) is 0. The van der Waals surface area contributed by atoms with Gasteiger partial charge in [0.05, 0.1) is 0 Å². The molecule has 0 aromatic rings. The standard InChI is InChI=1S/C11H26P2/c1-9(2)5-6-11(7-12,8-13)10(3)4/h9-10H,5-8,12-13H2,1-4H3. The van der Waals surface area contributed by atoms with Crippen molar-refractivity contribution in [3.8, 4) is 0 Å². The van der Waals surface area contributed by atoms with Crippen molar-refractivity contribution in [2.75, 3.05) is 12.3 Å². The Balaban J connectivity index is 4.22. The first kappa shape index (κ1) is 13.9. The van der Waals surface area contributed by atoms with Crippen molar-refractivity contribution in [1.82, 2.24) is 0 Å². The van der Waals surface area contributed by atoms with Crippen LogP contribution in [0.2, 0.25) is 0 Å². The largest absolute Gasteiger partial charge is 0.137 e. The zero-order chi connectivity index (χ0) is 10.5. The molecule has 13 heavy (non-hydrogen) atoms. The van der Waals surface area contributed by atoms with Crippen molar-refractivity contribution in [2.24, 2.45) is 17.3 Å². The fourth-order valence-corrected chi connectivity index (χ4v) is 3.64. The molecule has 2 atom stereocenters. The molecule has 2 heteroatoms. The van der Waals surface area contributed by atoms with E-state index >= 15 is 0 Å². The molecule has 80 valence electrons. The summed E-state index contributed by atoms with van der Waals surface area (Å²) >= 11 is 0. The quantitative estimate of drug-likeness (QED) is 0.597. The van der Waals surface area contributed by atoms with Gasteiger partial charge in [-0.25, -0.2) is 0 Å². The van der Waals surface area contributed by atoms with Crippen LogP contribution in [-0.2, 0) is 0 Å². The molecule has 0 bridgehead atoms. The fourth-order valence-electron chi connectivity index (χ4n) is 1.62. The first-order chi connectivity index (χ1) is 5.98. The molecule has 0 nitrogen and oxygen atoms in total. The lowest BCUT2D eigenvalue weighted by atomic mass is 9.75. The Labute approximate surface area is 89.0 Å². The van der Waals surface area contributed by atoms with Gasteiger partial charge in [-0.3, -0.25) is 0 Å². The van der Waals surface area contributed by atoms with Crippen LogP contribution in [0.3, 0.4) is 0 Å². The second-order valence-corrected chi connectivity index (χ2v) is 5.67. The van der Waals surface area contributed by atoms with Gasteiger partial charge in [0.1, 0.15) is 0 Å². The first-order valence-corrected chi connectivity index (χ1v) is 7.02. The average molecular weight is 220 g/mol. The van der Waals surface area contributed by atoms with Crippen LogP contribution in [0.4, 0.5) is 0 Å². The van der Waals surface area contributed by atoms with Gasteiger partial charge in [0.2, 0.25) is 0 Å². The van der Waals surface area contributed by atoms with E-state index in [0.29, 0.717) is 5.41 Å². The van der Waals surface area contributed by atoms with Gasteiger partial charge in [-0.05, 0) is 36.0 Å². The molecule has 0 aliphatic heterocycles. The van der Waals surface area contributed by atoms with Crippen molar-refractivity contribution < 1.29 is 0 Å². The lowest BCUT2D eigenvalue weighted by Crippen LogP contribution is -2.31. The van der Waals surface area contributed by atoms with Crippen molar-refractivity contribution in [2.45, 2.75) is 40.5 Å². The Bertz CT molecular complexity index is 126. The summed E-state index contributed by atoms with van der Waals surface area (Å²) in [7, 11) is 5.86. The van der Waals surface area contributed by atoms with E-state index in [4.69, 9.17) is 0 Å². The zero-order valence-electron chi connectivity index (χ0n) is 9.64. The van der Waals surface area contributed by atoms with E-state index in [1.807, 2.05) is 0 Å². The third-order valence-electron chi connectivity index (χ3n) is 3.26. The van der Waals surface area contributed by atoms with Gasteiger partial charge < -0.3 is 0 Å². The summed E-state index contributed by atoms with van der Waals surface area (Å²) in [5.74, 6) is 1.63. The highest BCUT2D eigenvalue weighted by Gasteiger charge is 2.29. The van der Waals surface area contributed by atoms with Gasteiger partial charge in [0.15, 0.2) is 0 Å². The highest BCUT2D eigenvalue weighted by atomic mass is 31.0. The molecular weight excluding hydrogens is 194 g/mol. The maximum Gasteiger partial charge on any atom is -0.0205 e. The maximum absolute atomic E-state index is 2.93. The SMILES string of the molecule is CC(C)CCC(CP)(CP)C(C)C. The van der Waals surface area contributed by atoms with E-state index in [0.717, 1.165) is 11.8 Å². The van der Waals surface area contributed by atoms with Gasteiger partial charge in [-0.2, -0.15) is 0 Å². The normalized spacial score (nSPS) is 12.9. The van der Waals surface area contributed by atoms with Crippen LogP contribution in [0, 0.1) is 17.3 Å². The van der Waals surface area contributed by atoms with Crippen LogP contribution in [0.25, 0.3) is 0 Å². The molecule has 0 aliphatic carbocycles. The monoisotopic (exact) mass is 220 g/mol. The van der Waals surface area contributed by atoms with Crippen LogP contribution in [0.5, 0.6) is 0 Å². The molecule has 2 unspecified atom stereocenters. The molecule has 0 amide bonds. The molecule has 0 saturated heterocycles. The number of rotatable bonds is 6. The molecule has 0 rings (SSSR count). The molecule has 0 aromatic carbocycles. The second-order valence-electron chi connectivity index (χ2n) is 4.86. The zero-order valence-corrected chi connectivity index (χ0v) is 11.9. The van der Waals surface area contributed by atoms with Gasteiger partial charge in [-0.15, -0.1) is 18.5 Å². The average Bonchev–Trinajstić information content (AvgIpc) is 2.06. The fraction of sp³-hybridized carbons (Fsp3) is 1.00. The minimum absolute atomic E-state index is 0.541. The van der Waals surface area contributed by atoms with Crippen LogP contribution in [0.15, 0.2) is 0 Å². The lowest BCUT2D eigenvalue weighted by molar-refractivity contribution is 0.226. The van der Waals surface area contributed by atoms with Gasteiger partial charge >= 0.3 is 0 Å². The van der Waals surface area contributed by atoms with E-state index in [1.54, 1.807) is 0 Å². The van der Waals surface area contributed by atoms with E-state index in [1.165, 1.54) is 25.2 Å². The number of hydrogen-bond donors (Lipinski definition) is 0. The topological polar surface area (TPSA) is 0 Å². The third-order valence-corrected chi connectivity index (χ3v) is 4.88. The van der Waals surface area contributed by atoms with E-state index < -0.39 is 0 Å². The second kappa shape index (κ2) is 6.36. The Morgan fingerprint density at radius 1 is 1.00 bits per heavy atom. The summed E-state index contributed by atoms with van der Waals surface area (Å²) in [5.41, 5.74) is 0.541. The minimum Gasteiger partial charge on any atom is -0.137 e. The lowest BCUT2D eigenvalue weighted by Gasteiger charge is -2.36. The molecule has 0 saturated carbocycles. The summed E-state index contributed by atoms with van der Waals surface area (Å²) in [6.45, 7) is 9.34. The van der Waals surface area contributed by atoms with E-state index in [2.05, 4.69) is 46.2 Å². The van der Waals surface area contributed by atoms with Crippen LogP contribution < -0.4 is 0 Å². The van der Waals surface area contributed by atoms with Crippen LogP contribution in [0.1, 0.15) is 40.5 Å². The molecule has 0 spiro atoms. The highest BCUT2D eigenvalue weighted by molar-refractivity contribution is 7.17. The molecular formula is C11H26P2. The summed E-state index contributed by atoms with van der Waals surface area (Å²) in [4.78, 5) is 0. The molecule has 0 aromatic heterocycles. The molecule has 0 heterocycles. The predicted octanol–water partition coefficient (Wildman–Crippen LogP) is 3.82. The van der Waals surface area contributed by atoms with Gasteiger partial charge in [-0.1, -0.05) is 34.1 Å². The smallest absolute Gasteiger partial charge is 0.0205 e. The molecule has 0 radical (unpaired) electrons. The maximum atomic E-state index is 2.93. The Kier molecular flexibility index (Phi) is 6.78. The molecule has 0 N–H and O–H groups in total. The van der Waals surface area contributed by atoms with Crippen LogP contribution in [-0.4, -0.2) is 12.3 Å². The van der Waals surface area contributed by atoms with E-state index in [-0.39, 0.29) is 0 Å². The van der Waals surface area contributed by atoms with E-state index in [9.17, 15) is 0 Å². The number of hydrogen-bond acceptors (Lipinski definition) is 0. The summed E-state index contributed by atoms with van der Waals surface area (Å²) in [6.07, 6.45) is 5.21. The van der Waals surface area contributed by atoms with Gasteiger partial charge in [0, 0.05) is 0 Å². The third kappa shape index (κ3) is 4.26. The van der Waals surface area contributed by atoms with Gasteiger partial charge in [0.25, 0.3) is 0 Å². The summed E-state index contributed by atoms with van der Waals surface area (Å²) < 4.78 is 0. The predicted molar refractivity (Wildman–Crippen MR) is 70.5 cm³/mol. The Morgan fingerprint density at radius 3 is 1.69 bits per heavy atom. The first-order valence-electron chi connectivity index (χ1n) is 5.38. The Hall–Kier alpha value is 0.860. The minimum atomic E-state index is 0.541. The summed E-state index contributed by atoms with van der Waals surface area (Å²) in [5, 5.41) is 0. The highest BCUT2D eigenvalue weighted by Crippen LogP contribution is 2.37. The van der Waals surface area contributed by atoms with Crippen molar-refractivity contribution in [3.05, 3.63) is 0 Å². The molecule has 0 fully saturated rings. The van der Waals surface area contributed by atoms with Crippen molar-refractivity contribution in [1.29, 1.82) is 0 Å². The van der Waals surface area contributed by atoms with Crippen LogP contribution >= 0.6 is 18.5 Å². The van der Waals surface area contributed by atoms with Crippen molar-refractivity contribution >= 4 is 18.5 Å².